The van der Waals surface area contributed by atoms with Crippen molar-refractivity contribution in [2.45, 2.75) is 37.8 Å². The van der Waals surface area contributed by atoms with Crippen LogP contribution in [-0.2, 0) is 9.59 Å². The molecule has 330 valence electrons. The standard InChI is InChI=1S/C25H24N6O2.C25H22N6O2/c2*1-2-21(32)30-14-12-18(13-15-30)31-25-22(24(26)27-16-28-25)23(29-31)17-8-10-20(11-9-17)33-19-6-4-3-5-7-19/h2-11,16,18H,1,12-15H2,(H2,26,27,28);1,3-11,16,18H,12-15H2,(H2,26,27,28). The van der Waals surface area contributed by atoms with E-state index in [-0.39, 0.29) is 23.9 Å². The van der Waals surface area contributed by atoms with Gasteiger partial charge in [-0.1, -0.05) is 43.0 Å². The van der Waals surface area contributed by atoms with Gasteiger partial charge in [-0.25, -0.2) is 29.3 Å². The molecule has 4 N–H and O–H groups in total. The van der Waals surface area contributed by atoms with E-state index in [0.717, 1.165) is 82.0 Å². The van der Waals surface area contributed by atoms with Crippen molar-refractivity contribution in [3.8, 4) is 57.9 Å². The van der Waals surface area contributed by atoms with E-state index in [1.807, 2.05) is 123 Å². The fourth-order valence-corrected chi connectivity index (χ4v) is 8.38. The Kier molecular flexibility index (Phi) is 12.3. The number of carbonyl (C=O) groups is 2. The molecular weight excluding hydrogens is 833 g/mol. The van der Waals surface area contributed by atoms with Crippen LogP contribution in [0.25, 0.3) is 44.6 Å². The van der Waals surface area contributed by atoms with Crippen molar-refractivity contribution in [3.05, 3.63) is 135 Å². The molecular formula is C50H46N12O4. The maximum absolute atomic E-state index is 11.9. The molecule has 8 aromatic rings. The summed E-state index contributed by atoms with van der Waals surface area (Å²) in [5, 5.41) is 11.3. The van der Waals surface area contributed by atoms with Gasteiger partial charge < -0.3 is 30.7 Å². The molecule has 4 aromatic heterocycles. The lowest BCUT2D eigenvalue weighted by atomic mass is 10.1. The molecule has 6 heterocycles. The van der Waals surface area contributed by atoms with Crippen LogP contribution in [0.1, 0.15) is 37.8 Å². The summed E-state index contributed by atoms with van der Waals surface area (Å²) in [7, 11) is 0. The van der Waals surface area contributed by atoms with Gasteiger partial charge in [0.25, 0.3) is 5.91 Å². The zero-order valence-corrected chi connectivity index (χ0v) is 36.0. The normalized spacial score (nSPS) is 14.3. The van der Waals surface area contributed by atoms with Crippen LogP contribution in [0.15, 0.2) is 135 Å². The number of terminal acetylenes is 1. The van der Waals surface area contributed by atoms with Gasteiger partial charge in [-0.3, -0.25) is 9.59 Å². The van der Waals surface area contributed by atoms with Crippen molar-refractivity contribution >= 4 is 45.5 Å². The first kappa shape index (κ1) is 42.7. The highest BCUT2D eigenvalue weighted by molar-refractivity contribution is 5.99. The molecule has 0 aliphatic carbocycles. The summed E-state index contributed by atoms with van der Waals surface area (Å²) in [5.41, 5.74) is 17.1. The highest BCUT2D eigenvalue weighted by atomic mass is 16.5. The summed E-state index contributed by atoms with van der Waals surface area (Å²) >= 11 is 0. The maximum atomic E-state index is 11.9. The second-order valence-corrected chi connectivity index (χ2v) is 15.8. The number of ether oxygens (including phenoxy) is 2. The van der Waals surface area contributed by atoms with E-state index in [1.54, 1.807) is 4.90 Å². The lowest BCUT2D eigenvalue weighted by molar-refractivity contribution is -0.127. The van der Waals surface area contributed by atoms with Gasteiger partial charge >= 0.3 is 0 Å². The summed E-state index contributed by atoms with van der Waals surface area (Å²) in [6.07, 6.45) is 12.6. The monoisotopic (exact) mass is 878 g/mol. The second kappa shape index (κ2) is 19.0. The van der Waals surface area contributed by atoms with Gasteiger partial charge in [0.1, 0.15) is 58.7 Å². The van der Waals surface area contributed by atoms with Crippen molar-refractivity contribution in [1.82, 2.24) is 49.3 Å². The number of anilines is 2. The van der Waals surface area contributed by atoms with Crippen LogP contribution in [0.2, 0.25) is 0 Å². The molecule has 10 rings (SSSR count). The van der Waals surface area contributed by atoms with Crippen LogP contribution in [0, 0.1) is 12.3 Å². The molecule has 2 saturated heterocycles. The number of fused-ring (bicyclic) bond motifs is 2. The highest BCUT2D eigenvalue weighted by Crippen LogP contribution is 2.37. The zero-order valence-electron chi connectivity index (χ0n) is 36.0. The molecule has 0 saturated carbocycles. The Labute approximate surface area is 380 Å². The molecule has 0 unspecified atom stereocenters. The number of hydrogen-bond donors (Lipinski definition) is 2. The SMILES string of the molecule is C#CC(=O)N1CCC(n2nc(-c3ccc(Oc4ccccc4)cc3)c3c(N)ncnc32)CC1.C=CC(=O)N1CCC(n2nc(-c3ccc(Oc4ccccc4)cc3)c3c(N)ncnc32)CC1. The quantitative estimate of drug-likeness (QED) is 0.105. The Morgan fingerprint density at radius 2 is 0.985 bits per heavy atom. The highest BCUT2D eigenvalue weighted by Gasteiger charge is 2.29. The third kappa shape index (κ3) is 8.95. The number of nitrogens with two attached hydrogens (primary N) is 2. The summed E-state index contributed by atoms with van der Waals surface area (Å²) in [6, 6.07) is 34.9. The molecule has 0 atom stereocenters. The van der Waals surface area contributed by atoms with Gasteiger partial charge in [0.05, 0.1) is 22.9 Å². The summed E-state index contributed by atoms with van der Waals surface area (Å²) < 4.78 is 15.7. The lowest BCUT2D eigenvalue weighted by Gasteiger charge is -2.31. The Morgan fingerprint density at radius 1 is 0.591 bits per heavy atom. The van der Waals surface area contributed by atoms with Crippen LogP contribution in [0.4, 0.5) is 11.6 Å². The zero-order chi connectivity index (χ0) is 45.6. The summed E-state index contributed by atoms with van der Waals surface area (Å²) in [5.74, 6) is 5.66. The average molecular weight is 879 g/mol. The number of rotatable bonds is 9. The fraction of sp³-hybridized carbons (Fsp3) is 0.200. The second-order valence-electron chi connectivity index (χ2n) is 15.8. The molecule has 0 bridgehead atoms. The van der Waals surface area contributed by atoms with Gasteiger partial charge in [0.15, 0.2) is 11.3 Å². The Morgan fingerprint density at radius 3 is 1.38 bits per heavy atom. The number of hydrogen-bond acceptors (Lipinski definition) is 12. The van der Waals surface area contributed by atoms with Gasteiger partial charge in [0, 0.05) is 37.3 Å². The molecule has 4 aromatic carbocycles. The predicted molar refractivity (Wildman–Crippen MR) is 252 cm³/mol. The van der Waals surface area contributed by atoms with E-state index >= 15 is 0 Å². The van der Waals surface area contributed by atoms with E-state index in [4.69, 9.17) is 37.6 Å². The number of para-hydroxylation sites is 2. The number of benzene rings is 4. The van der Waals surface area contributed by atoms with Crippen LogP contribution < -0.4 is 20.9 Å². The minimum Gasteiger partial charge on any atom is -0.457 e. The molecule has 16 heteroatoms. The van der Waals surface area contributed by atoms with Crippen LogP contribution in [0.5, 0.6) is 23.0 Å². The summed E-state index contributed by atoms with van der Waals surface area (Å²) in [6.45, 7) is 6.04. The third-order valence-corrected chi connectivity index (χ3v) is 11.8. The minimum absolute atomic E-state index is 0.0381. The number of piperidine rings is 2. The first-order chi connectivity index (χ1) is 32.3. The Balaban J connectivity index is 0.000000166. The van der Waals surface area contributed by atoms with E-state index in [2.05, 4.69) is 32.4 Å². The summed E-state index contributed by atoms with van der Waals surface area (Å²) in [4.78, 5) is 44.6. The number of nitrogen functional groups attached to an aromatic ring is 2. The van der Waals surface area contributed by atoms with Crippen LogP contribution in [-0.4, -0.2) is 87.3 Å². The van der Waals surface area contributed by atoms with Crippen molar-refractivity contribution in [2.75, 3.05) is 37.6 Å². The number of nitrogens with zero attached hydrogens (tertiary/aromatic N) is 10. The maximum Gasteiger partial charge on any atom is 0.298 e. The van der Waals surface area contributed by atoms with E-state index < -0.39 is 0 Å². The van der Waals surface area contributed by atoms with Crippen molar-refractivity contribution < 1.29 is 19.1 Å². The molecule has 66 heavy (non-hydrogen) atoms. The Bertz CT molecular complexity index is 3040. The fourth-order valence-electron chi connectivity index (χ4n) is 8.38. The Hall–Kier alpha value is -8.58. The minimum atomic E-state index is -0.274. The lowest BCUT2D eigenvalue weighted by Crippen LogP contribution is -2.38. The molecule has 2 fully saturated rings. The van der Waals surface area contributed by atoms with Crippen molar-refractivity contribution in [2.24, 2.45) is 0 Å². The van der Waals surface area contributed by atoms with E-state index in [9.17, 15) is 9.59 Å². The number of likely N-dealkylation sites (tertiary alicyclic amines) is 2. The number of amides is 2. The molecule has 2 amide bonds. The first-order valence-corrected chi connectivity index (χ1v) is 21.6. The smallest absolute Gasteiger partial charge is 0.298 e. The van der Waals surface area contributed by atoms with Crippen LogP contribution in [0.3, 0.4) is 0 Å². The van der Waals surface area contributed by atoms with Crippen molar-refractivity contribution in [1.29, 1.82) is 0 Å². The van der Waals surface area contributed by atoms with Gasteiger partial charge in [-0.2, -0.15) is 10.2 Å². The third-order valence-electron chi connectivity index (χ3n) is 11.8. The van der Waals surface area contributed by atoms with Gasteiger partial charge in [-0.15, -0.1) is 6.42 Å². The molecule has 2 aliphatic heterocycles. The topological polar surface area (TPSA) is 198 Å². The number of aromatic nitrogens is 8. The van der Waals surface area contributed by atoms with Gasteiger partial charge in [-0.05, 0) is 110 Å². The van der Waals surface area contributed by atoms with Crippen molar-refractivity contribution in [3.63, 3.8) is 0 Å². The van der Waals surface area contributed by atoms with Gasteiger partial charge in [0.2, 0.25) is 5.91 Å². The average Bonchev–Trinajstić information content (AvgIpc) is 3.96. The largest absolute Gasteiger partial charge is 0.457 e. The van der Waals surface area contributed by atoms with Crippen LogP contribution >= 0.6 is 0 Å². The van der Waals surface area contributed by atoms with E-state index in [1.165, 1.54) is 18.7 Å². The molecule has 2 aliphatic rings. The molecule has 16 nitrogen and oxygen atoms in total. The molecule has 0 spiro atoms. The predicted octanol–water partition coefficient (Wildman–Crippen LogP) is 7.88. The number of carbonyl (C=O) groups excluding carboxylic acids is 2. The van der Waals surface area contributed by atoms with E-state index in [0.29, 0.717) is 49.1 Å². The first-order valence-electron chi connectivity index (χ1n) is 21.6. The molecule has 0 radical (unpaired) electrons.